The zero-order valence-corrected chi connectivity index (χ0v) is 7.56. The normalized spacial score (nSPS) is 27.4. The molecule has 5 N–H and O–H groups in total. The molecule has 2 amide bonds. The molecule has 0 saturated heterocycles. The molecule has 0 aromatic carbocycles. The van der Waals surface area contributed by atoms with Gasteiger partial charge in [-0.3, -0.25) is 0 Å². The molecule has 1 rings (SSSR count). The number of amides is 2. The van der Waals surface area contributed by atoms with Crippen molar-refractivity contribution in [3.05, 3.63) is 11.5 Å². The van der Waals surface area contributed by atoms with Crippen LogP contribution < -0.4 is 16.8 Å². The SMILES string of the molecule is NC(=O)NCCC1(N)CC=CS1. The zero-order valence-electron chi connectivity index (χ0n) is 6.75. The van der Waals surface area contributed by atoms with Crippen LogP contribution in [0.2, 0.25) is 0 Å². The first-order valence-electron chi connectivity index (χ1n) is 3.77. The molecule has 68 valence electrons. The first-order chi connectivity index (χ1) is 5.62. The molecule has 1 aliphatic rings. The van der Waals surface area contributed by atoms with E-state index in [2.05, 4.69) is 5.32 Å². The van der Waals surface area contributed by atoms with Crippen LogP contribution in [0.15, 0.2) is 11.5 Å². The summed E-state index contributed by atoms with van der Waals surface area (Å²) < 4.78 is 0. The molecule has 0 fully saturated rings. The molecule has 0 aromatic rings. The van der Waals surface area contributed by atoms with Gasteiger partial charge in [-0.25, -0.2) is 4.79 Å². The van der Waals surface area contributed by atoms with Crippen LogP contribution in [0.5, 0.6) is 0 Å². The third-order valence-electron chi connectivity index (χ3n) is 1.71. The number of carbonyl (C=O) groups is 1. The summed E-state index contributed by atoms with van der Waals surface area (Å²) in [5.74, 6) is 0. The largest absolute Gasteiger partial charge is 0.352 e. The second kappa shape index (κ2) is 3.82. The Morgan fingerprint density at radius 1 is 1.75 bits per heavy atom. The Morgan fingerprint density at radius 2 is 2.50 bits per heavy atom. The summed E-state index contributed by atoms with van der Waals surface area (Å²) in [5, 5.41) is 4.51. The summed E-state index contributed by atoms with van der Waals surface area (Å²) in [4.78, 5) is 10.1. The lowest BCUT2D eigenvalue weighted by Gasteiger charge is -2.21. The number of thioether (sulfide) groups is 1. The number of nitrogens with two attached hydrogens (primary N) is 2. The highest BCUT2D eigenvalue weighted by molar-refractivity contribution is 8.03. The molecule has 1 unspecified atom stereocenters. The van der Waals surface area contributed by atoms with Crippen molar-refractivity contribution in [1.82, 2.24) is 5.32 Å². The molecular formula is C7H13N3OS. The van der Waals surface area contributed by atoms with Crippen LogP contribution in [0.1, 0.15) is 12.8 Å². The highest BCUT2D eigenvalue weighted by atomic mass is 32.2. The van der Waals surface area contributed by atoms with Crippen LogP contribution in [-0.2, 0) is 0 Å². The number of urea groups is 1. The maximum atomic E-state index is 10.3. The van der Waals surface area contributed by atoms with Gasteiger partial charge in [0.05, 0.1) is 4.87 Å². The van der Waals surface area contributed by atoms with Crippen molar-refractivity contribution in [3.63, 3.8) is 0 Å². The fourth-order valence-corrected chi connectivity index (χ4v) is 1.91. The summed E-state index contributed by atoms with van der Waals surface area (Å²) >= 11 is 1.60. The monoisotopic (exact) mass is 187 g/mol. The number of primary amides is 1. The van der Waals surface area contributed by atoms with E-state index in [0.29, 0.717) is 6.54 Å². The Morgan fingerprint density at radius 3 is 3.00 bits per heavy atom. The highest BCUT2D eigenvalue weighted by Crippen LogP contribution is 2.33. The summed E-state index contributed by atoms with van der Waals surface area (Å²) in [7, 11) is 0. The third kappa shape index (κ3) is 2.75. The lowest BCUT2D eigenvalue weighted by molar-refractivity contribution is 0.248. The summed E-state index contributed by atoms with van der Waals surface area (Å²) in [6.45, 7) is 0.542. The average molecular weight is 187 g/mol. The Labute approximate surface area is 75.7 Å². The van der Waals surface area contributed by atoms with Crippen molar-refractivity contribution < 1.29 is 4.79 Å². The van der Waals surface area contributed by atoms with Gasteiger partial charge in [0.1, 0.15) is 0 Å². The number of hydrogen-bond donors (Lipinski definition) is 3. The highest BCUT2D eigenvalue weighted by Gasteiger charge is 2.26. The minimum atomic E-state index is -0.491. The molecule has 4 nitrogen and oxygen atoms in total. The van der Waals surface area contributed by atoms with Crippen LogP contribution in [-0.4, -0.2) is 17.4 Å². The van der Waals surface area contributed by atoms with Crippen LogP contribution >= 0.6 is 11.8 Å². The molecule has 5 heteroatoms. The standard InChI is InChI=1S/C7H13N3OS/c8-6(11)10-4-3-7(9)2-1-5-12-7/h1,5H,2-4,9H2,(H3,8,10,11). The topological polar surface area (TPSA) is 81.1 Å². The fourth-order valence-electron chi connectivity index (χ4n) is 1.04. The number of carbonyl (C=O) groups excluding carboxylic acids is 1. The Bertz CT molecular complexity index is 197. The van der Waals surface area contributed by atoms with E-state index >= 15 is 0 Å². The van der Waals surface area contributed by atoms with E-state index in [-0.39, 0.29) is 4.87 Å². The molecule has 0 aliphatic carbocycles. The van der Waals surface area contributed by atoms with Gasteiger partial charge in [0.25, 0.3) is 0 Å². The maximum absolute atomic E-state index is 10.3. The van der Waals surface area contributed by atoms with Crippen molar-refractivity contribution in [2.45, 2.75) is 17.7 Å². The van der Waals surface area contributed by atoms with Crippen molar-refractivity contribution in [1.29, 1.82) is 0 Å². The van der Waals surface area contributed by atoms with E-state index in [1.807, 2.05) is 11.5 Å². The molecule has 1 aliphatic heterocycles. The second-order valence-electron chi connectivity index (χ2n) is 2.80. The Balaban J connectivity index is 2.18. The Hall–Kier alpha value is -0.680. The molecule has 12 heavy (non-hydrogen) atoms. The van der Waals surface area contributed by atoms with Gasteiger partial charge in [0.15, 0.2) is 0 Å². The third-order valence-corrected chi connectivity index (χ3v) is 2.88. The lowest BCUT2D eigenvalue weighted by atomic mass is 10.1. The fraction of sp³-hybridized carbons (Fsp3) is 0.571. The van der Waals surface area contributed by atoms with Gasteiger partial charge in [-0.2, -0.15) is 0 Å². The van der Waals surface area contributed by atoms with Gasteiger partial charge in [-0.05, 0) is 18.2 Å². The molecule has 1 heterocycles. The average Bonchev–Trinajstić information content (AvgIpc) is 2.35. The minimum absolute atomic E-state index is 0.234. The summed E-state index contributed by atoms with van der Waals surface area (Å²) in [6.07, 6.45) is 3.64. The van der Waals surface area contributed by atoms with Crippen molar-refractivity contribution in [2.75, 3.05) is 6.54 Å². The van der Waals surface area contributed by atoms with Gasteiger partial charge in [0, 0.05) is 6.54 Å². The molecule has 0 bridgehead atoms. The molecule has 0 spiro atoms. The van der Waals surface area contributed by atoms with E-state index in [0.717, 1.165) is 12.8 Å². The summed E-state index contributed by atoms with van der Waals surface area (Å²) in [5.41, 5.74) is 10.9. The second-order valence-corrected chi connectivity index (χ2v) is 4.12. The molecule has 0 radical (unpaired) electrons. The van der Waals surface area contributed by atoms with Crippen molar-refractivity contribution >= 4 is 17.8 Å². The number of rotatable bonds is 3. The molecule has 0 saturated carbocycles. The van der Waals surface area contributed by atoms with Crippen LogP contribution in [0.4, 0.5) is 4.79 Å². The first kappa shape index (κ1) is 9.41. The smallest absolute Gasteiger partial charge is 0.312 e. The van der Waals surface area contributed by atoms with Gasteiger partial charge in [-0.15, -0.1) is 11.8 Å². The maximum Gasteiger partial charge on any atom is 0.312 e. The van der Waals surface area contributed by atoms with Crippen molar-refractivity contribution in [2.24, 2.45) is 11.5 Å². The summed E-state index contributed by atoms with van der Waals surface area (Å²) in [6, 6.07) is -0.491. The predicted octanol–water partition coefficient (Wildman–Crippen LogP) is 0.350. The van der Waals surface area contributed by atoms with E-state index < -0.39 is 6.03 Å². The van der Waals surface area contributed by atoms with Crippen LogP contribution in [0.25, 0.3) is 0 Å². The van der Waals surface area contributed by atoms with Gasteiger partial charge in [-0.1, -0.05) is 6.08 Å². The lowest BCUT2D eigenvalue weighted by Crippen LogP contribution is -2.39. The van der Waals surface area contributed by atoms with E-state index in [9.17, 15) is 4.79 Å². The zero-order chi connectivity index (χ0) is 9.03. The van der Waals surface area contributed by atoms with Gasteiger partial charge < -0.3 is 16.8 Å². The molecule has 0 aromatic heterocycles. The van der Waals surface area contributed by atoms with Crippen LogP contribution in [0.3, 0.4) is 0 Å². The van der Waals surface area contributed by atoms with E-state index in [1.165, 1.54) is 0 Å². The minimum Gasteiger partial charge on any atom is -0.352 e. The van der Waals surface area contributed by atoms with Gasteiger partial charge in [0.2, 0.25) is 0 Å². The Kier molecular flexibility index (Phi) is 2.99. The van der Waals surface area contributed by atoms with E-state index in [4.69, 9.17) is 11.5 Å². The van der Waals surface area contributed by atoms with E-state index in [1.54, 1.807) is 11.8 Å². The van der Waals surface area contributed by atoms with Gasteiger partial charge >= 0.3 is 6.03 Å². The molecule has 1 atom stereocenters. The first-order valence-corrected chi connectivity index (χ1v) is 4.65. The van der Waals surface area contributed by atoms with Crippen molar-refractivity contribution in [3.8, 4) is 0 Å². The number of hydrogen-bond acceptors (Lipinski definition) is 3. The van der Waals surface area contributed by atoms with Crippen LogP contribution in [0, 0.1) is 0 Å². The molecular weight excluding hydrogens is 174 g/mol. The number of nitrogens with one attached hydrogen (secondary N) is 1. The predicted molar refractivity (Wildman–Crippen MR) is 50.5 cm³/mol. The quantitative estimate of drug-likeness (QED) is 0.596.